The van der Waals surface area contributed by atoms with E-state index in [0.29, 0.717) is 14.5 Å². The van der Waals surface area contributed by atoms with E-state index in [2.05, 4.69) is 36.4 Å². The van der Waals surface area contributed by atoms with E-state index >= 15 is 0 Å². The van der Waals surface area contributed by atoms with Crippen molar-refractivity contribution in [2.45, 2.75) is 0 Å². The third kappa shape index (κ3) is 3.05. The summed E-state index contributed by atoms with van der Waals surface area (Å²) >= 11 is 0.304. The van der Waals surface area contributed by atoms with Crippen molar-refractivity contribution in [3.8, 4) is 31.5 Å². The first-order valence-electron chi connectivity index (χ1n) is 6.69. The first kappa shape index (κ1) is 14.0. The summed E-state index contributed by atoms with van der Waals surface area (Å²) in [4.78, 5) is 0. The molecule has 2 aromatic carbocycles. The van der Waals surface area contributed by atoms with Gasteiger partial charge in [-0.05, 0) is 0 Å². The quantitative estimate of drug-likeness (QED) is 0.664. The van der Waals surface area contributed by atoms with Crippen molar-refractivity contribution in [1.82, 2.24) is 0 Å². The monoisotopic (exact) mass is 344 g/mol. The summed E-state index contributed by atoms with van der Waals surface area (Å²) < 4.78 is 13.4. The summed E-state index contributed by atoms with van der Waals surface area (Å²) in [6.07, 6.45) is 0. The van der Waals surface area contributed by atoms with E-state index in [4.69, 9.17) is 9.47 Å². The summed E-state index contributed by atoms with van der Waals surface area (Å²) in [5, 5.41) is 0. The van der Waals surface area contributed by atoms with Crippen molar-refractivity contribution < 1.29 is 9.47 Å². The van der Waals surface area contributed by atoms with E-state index in [0.717, 1.165) is 11.5 Å². The molecule has 2 nitrogen and oxygen atoms in total. The van der Waals surface area contributed by atoms with Gasteiger partial charge < -0.3 is 0 Å². The second-order valence-corrected chi connectivity index (χ2v) is 6.90. The fraction of sp³-hybridized carbons (Fsp3) is 0.111. The predicted molar refractivity (Wildman–Crippen MR) is 87.4 cm³/mol. The zero-order chi connectivity index (χ0) is 14.7. The van der Waals surface area contributed by atoms with Crippen LogP contribution >= 0.6 is 0 Å². The minimum atomic E-state index is 0.304. The van der Waals surface area contributed by atoms with Crippen molar-refractivity contribution >= 4 is 14.5 Å². The molecule has 0 atom stereocenters. The molecule has 0 radical (unpaired) electrons. The summed E-state index contributed by atoms with van der Waals surface area (Å²) in [5.74, 6) is 1.80. The predicted octanol–water partition coefficient (Wildman–Crippen LogP) is 4.09. The van der Waals surface area contributed by atoms with Crippen LogP contribution in [0, 0.1) is 0 Å². The number of benzene rings is 2. The van der Waals surface area contributed by atoms with E-state index in [9.17, 15) is 0 Å². The van der Waals surface area contributed by atoms with Crippen LogP contribution < -0.4 is 9.47 Å². The molecule has 21 heavy (non-hydrogen) atoms. The number of methoxy groups -OCH3 is 2. The van der Waals surface area contributed by atoms with E-state index in [-0.39, 0.29) is 0 Å². The number of ether oxygens (including phenoxy) is 2. The molecular weight excluding hydrogens is 327 g/mol. The van der Waals surface area contributed by atoms with Crippen molar-refractivity contribution in [2.24, 2.45) is 0 Å². The Kier molecular flexibility index (Phi) is 4.14. The van der Waals surface area contributed by atoms with E-state index < -0.39 is 0 Å². The molecule has 0 saturated heterocycles. The van der Waals surface area contributed by atoms with Crippen molar-refractivity contribution in [3.63, 3.8) is 0 Å². The van der Waals surface area contributed by atoms with Crippen LogP contribution in [-0.2, 0) is 0 Å². The first-order valence-corrected chi connectivity index (χ1v) is 8.40. The van der Waals surface area contributed by atoms with Crippen LogP contribution in [0.3, 0.4) is 0 Å². The van der Waals surface area contributed by atoms with Gasteiger partial charge in [-0.2, -0.15) is 0 Å². The van der Waals surface area contributed by atoms with Gasteiger partial charge in [-0.3, -0.25) is 0 Å². The van der Waals surface area contributed by atoms with Gasteiger partial charge in [-0.25, -0.2) is 0 Å². The molecule has 0 fully saturated rings. The average Bonchev–Trinajstić information content (AvgIpc) is 3.05. The Morgan fingerprint density at radius 2 is 1.14 bits per heavy atom. The van der Waals surface area contributed by atoms with Gasteiger partial charge in [0.25, 0.3) is 0 Å². The number of hydrogen-bond acceptors (Lipinski definition) is 2. The summed E-state index contributed by atoms with van der Waals surface area (Å²) in [6, 6.07) is 20.9. The van der Waals surface area contributed by atoms with Gasteiger partial charge in [0.15, 0.2) is 0 Å². The van der Waals surface area contributed by atoms with Gasteiger partial charge in [0.2, 0.25) is 0 Å². The number of hydrogen-bond donors (Lipinski definition) is 0. The van der Waals surface area contributed by atoms with Crippen molar-refractivity contribution in [1.29, 1.82) is 0 Å². The van der Waals surface area contributed by atoms with E-state index in [1.165, 1.54) is 20.0 Å². The molecule has 0 unspecified atom stereocenters. The second-order valence-electron chi connectivity index (χ2n) is 4.63. The van der Waals surface area contributed by atoms with E-state index in [1.807, 2.05) is 24.3 Å². The molecule has 0 aliphatic heterocycles. The molecule has 0 spiro atoms. The maximum absolute atomic E-state index is 5.30. The summed E-state index contributed by atoms with van der Waals surface area (Å²) in [7, 11) is 3.40. The van der Waals surface area contributed by atoms with Crippen LogP contribution in [0.4, 0.5) is 0 Å². The molecule has 0 aliphatic carbocycles. The normalized spacial score (nSPS) is 10.4. The van der Waals surface area contributed by atoms with Crippen molar-refractivity contribution in [2.75, 3.05) is 14.2 Å². The second kappa shape index (κ2) is 6.21. The molecule has 0 bridgehead atoms. The van der Waals surface area contributed by atoms with Crippen LogP contribution in [0.25, 0.3) is 20.0 Å². The molecule has 0 amide bonds. The fourth-order valence-corrected chi connectivity index (χ4v) is 4.30. The molecule has 0 N–H and O–H groups in total. The summed E-state index contributed by atoms with van der Waals surface area (Å²) in [6.45, 7) is 0. The molecule has 1 aromatic heterocycles. The molecule has 3 heteroatoms. The SMILES string of the molecule is COc1cccc(-c2ccc(-c3cccc(OC)c3)[se]2)c1. The Labute approximate surface area is 130 Å². The van der Waals surface area contributed by atoms with Crippen molar-refractivity contribution in [3.05, 3.63) is 60.7 Å². The zero-order valence-electron chi connectivity index (χ0n) is 12.0. The molecular formula is C18H16O2Se. The first-order chi connectivity index (χ1) is 10.3. The van der Waals surface area contributed by atoms with Crippen LogP contribution in [0.5, 0.6) is 11.5 Å². The van der Waals surface area contributed by atoms with Gasteiger partial charge in [-0.15, -0.1) is 0 Å². The number of rotatable bonds is 4. The summed E-state index contributed by atoms with van der Waals surface area (Å²) in [5.41, 5.74) is 2.48. The van der Waals surface area contributed by atoms with Gasteiger partial charge in [-0.1, -0.05) is 0 Å². The van der Waals surface area contributed by atoms with Crippen LogP contribution in [-0.4, -0.2) is 28.7 Å². The Hall–Kier alpha value is -1.96. The Balaban J connectivity index is 1.95. The van der Waals surface area contributed by atoms with Crippen LogP contribution in [0.15, 0.2) is 60.7 Å². The van der Waals surface area contributed by atoms with Crippen LogP contribution in [0.1, 0.15) is 0 Å². The third-order valence-corrected chi connectivity index (χ3v) is 5.80. The topological polar surface area (TPSA) is 18.5 Å². The third-order valence-electron chi connectivity index (χ3n) is 3.31. The Morgan fingerprint density at radius 1 is 0.667 bits per heavy atom. The maximum atomic E-state index is 5.30. The van der Waals surface area contributed by atoms with Gasteiger partial charge in [0.1, 0.15) is 0 Å². The zero-order valence-corrected chi connectivity index (χ0v) is 13.7. The Morgan fingerprint density at radius 3 is 1.57 bits per heavy atom. The van der Waals surface area contributed by atoms with E-state index in [1.54, 1.807) is 14.2 Å². The molecule has 3 aromatic rings. The molecule has 3 rings (SSSR count). The fourth-order valence-electron chi connectivity index (χ4n) is 2.20. The van der Waals surface area contributed by atoms with Gasteiger partial charge >= 0.3 is 130 Å². The molecule has 106 valence electrons. The van der Waals surface area contributed by atoms with Gasteiger partial charge in [0, 0.05) is 0 Å². The standard InChI is InChI=1S/C18H16O2Se/c1-19-15-7-3-5-13(11-15)17-9-10-18(21-17)14-6-4-8-16(12-14)20-2/h3-12H,1-2H3. The van der Waals surface area contributed by atoms with Gasteiger partial charge in [0.05, 0.1) is 0 Å². The molecule has 0 aliphatic rings. The molecule has 0 saturated carbocycles. The average molecular weight is 343 g/mol. The minimum absolute atomic E-state index is 0.304. The molecule has 1 heterocycles. The van der Waals surface area contributed by atoms with Crippen LogP contribution in [0.2, 0.25) is 0 Å². The Bertz CT molecular complexity index is 684.